The van der Waals surface area contributed by atoms with Crippen LogP contribution in [0.15, 0.2) is 30.3 Å². The molecule has 1 amide bonds. The number of benzene rings is 1. The van der Waals surface area contributed by atoms with Crippen molar-refractivity contribution in [1.82, 2.24) is 9.62 Å². The molecule has 0 bridgehead atoms. The summed E-state index contributed by atoms with van der Waals surface area (Å²) in [6, 6.07) is 8.95. The number of fused-ring (bicyclic) bond motifs is 1. The predicted molar refractivity (Wildman–Crippen MR) is 70.7 cm³/mol. The summed E-state index contributed by atoms with van der Waals surface area (Å²) < 4.78 is 26.4. The summed E-state index contributed by atoms with van der Waals surface area (Å²) in [4.78, 5) is 11.4. The average Bonchev–Trinajstić information content (AvgIpc) is 2.88. The molecular weight excluding hydrogens is 264 g/mol. The van der Waals surface area contributed by atoms with Gasteiger partial charge in [0.2, 0.25) is 15.9 Å². The zero-order valence-electron chi connectivity index (χ0n) is 10.5. The van der Waals surface area contributed by atoms with Crippen molar-refractivity contribution in [3.05, 3.63) is 35.9 Å². The quantitative estimate of drug-likeness (QED) is 0.875. The Morgan fingerprint density at radius 2 is 2.00 bits per heavy atom. The van der Waals surface area contributed by atoms with E-state index in [-0.39, 0.29) is 23.7 Å². The van der Waals surface area contributed by atoms with Gasteiger partial charge in [0, 0.05) is 19.0 Å². The molecule has 5 nitrogen and oxygen atoms in total. The van der Waals surface area contributed by atoms with Crippen molar-refractivity contribution in [2.45, 2.75) is 30.7 Å². The second kappa shape index (κ2) is 4.61. The summed E-state index contributed by atoms with van der Waals surface area (Å²) in [5.41, 5.74) is 0.781. The molecule has 2 aliphatic rings. The number of hydrogen-bond donors (Lipinski definition) is 1. The van der Waals surface area contributed by atoms with E-state index < -0.39 is 10.0 Å². The molecule has 1 N–H and O–H groups in total. The van der Waals surface area contributed by atoms with E-state index >= 15 is 0 Å². The highest BCUT2D eigenvalue weighted by Gasteiger charge is 2.46. The summed E-state index contributed by atoms with van der Waals surface area (Å²) in [5, 5.41) is 2.84. The van der Waals surface area contributed by atoms with E-state index in [1.54, 1.807) is 0 Å². The smallest absolute Gasteiger partial charge is 0.221 e. The number of carbonyl (C=O) groups excluding carboxylic acids is 1. The first-order chi connectivity index (χ1) is 9.06. The standard InChI is InChI=1S/C13H16N2O3S/c16-13-8-12-11(14-13)6-7-15(12)19(17,18)9-10-4-2-1-3-5-10/h1-5,11-12H,6-9H2,(H,14,16)/t11-,12-/m0/s1. The molecule has 2 aliphatic heterocycles. The minimum absolute atomic E-state index is 0.00181. The Bertz CT molecular complexity index is 585. The van der Waals surface area contributed by atoms with E-state index in [0.717, 1.165) is 5.56 Å². The SMILES string of the molecule is O=C1C[C@H]2[C@H](CCN2S(=O)(=O)Cc2ccccc2)N1. The molecule has 102 valence electrons. The van der Waals surface area contributed by atoms with E-state index in [4.69, 9.17) is 0 Å². The largest absolute Gasteiger partial charge is 0.352 e. The van der Waals surface area contributed by atoms with Gasteiger partial charge in [-0.3, -0.25) is 4.79 Å². The van der Waals surface area contributed by atoms with Crippen molar-refractivity contribution in [2.75, 3.05) is 6.54 Å². The van der Waals surface area contributed by atoms with Crippen LogP contribution in [0.5, 0.6) is 0 Å². The van der Waals surface area contributed by atoms with Crippen LogP contribution in [-0.4, -0.2) is 37.3 Å². The monoisotopic (exact) mass is 280 g/mol. The maximum absolute atomic E-state index is 12.4. The molecule has 0 aromatic heterocycles. The minimum Gasteiger partial charge on any atom is -0.352 e. The Balaban J connectivity index is 1.80. The molecule has 3 rings (SSSR count). The fourth-order valence-electron chi connectivity index (χ4n) is 2.91. The normalized spacial score (nSPS) is 27.3. The first-order valence-electron chi connectivity index (χ1n) is 6.39. The lowest BCUT2D eigenvalue weighted by atomic mass is 10.1. The van der Waals surface area contributed by atoms with Gasteiger partial charge in [-0.2, -0.15) is 4.31 Å². The third kappa shape index (κ3) is 2.37. The van der Waals surface area contributed by atoms with Gasteiger partial charge >= 0.3 is 0 Å². The van der Waals surface area contributed by atoms with Crippen molar-refractivity contribution >= 4 is 15.9 Å². The van der Waals surface area contributed by atoms with E-state index in [1.165, 1.54) is 4.31 Å². The molecule has 2 heterocycles. The molecule has 2 fully saturated rings. The average molecular weight is 280 g/mol. The zero-order chi connectivity index (χ0) is 13.5. The van der Waals surface area contributed by atoms with Crippen LogP contribution in [-0.2, 0) is 20.6 Å². The van der Waals surface area contributed by atoms with Crippen molar-refractivity contribution < 1.29 is 13.2 Å². The lowest BCUT2D eigenvalue weighted by molar-refractivity contribution is -0.119. The molecule has 19 heavy (non-hydrogen) atoms. The molecule has 2 saturated heterocycles. The van der Waals surface area contributed by atoms with Crippen LogP contribution in [0.4, 0.5) is 0 Å². The topological polar surface area (TPSA) is 66.5 Å². The Morgan fingerprint density at radius 1 is 1.26 bits per heavy atom. The zero-order valence-corrected chi connectivity index (χ0v) is 11.3. The third-order valence-electron chi connectivity index (χ3n) is 3.78. The summed E-state index contributed by atoms with van der Waals surface area (Å²) in [6.07, 6.45) is 1.00. The van der Waals surface area contributed by atoms with Gasteiger partial charge in [0.05, 0.1) is 11.8 Å². The maximum Gasteiger partial charge on any atom is 0.221 e. The minimum atomic E-state index is -3.35. The number of sulfonamides is 1. The van der Waals surface area contributed by atoms with Gasteiger partial charge in [0.1, 0.15) is 0 Å². The van der Waals surface area contributed by atoms with Crippen molar-refractivity contribution in [1.29, 1.82) is 0 Å². The number of amides is 1. The summed E-state index contributed by atoms with van der Waals surface area (Å²) in [5.74, 6) is -0.0414. The van der Waals surface area contributed by atoms with Crippen LogP contribution in [0.1, 0.15) is 18.4 Å². The molecule has 0 aliphatic carbocycles. The Hall–Kier alpha value is -1.40. The highest BCUT2D eigenvalue weighted by Crippen LogP contribution is 2.29. The van der Waals surface area contributed by atoms with E-state index in [2.05, 4.69) is 5.32 Å². The van der Waals surface area contributed by atoms with Gasteiger partial charge in [0.25, 0.3) is 0 Å². The van der Waals surface area contributed by atoms with Crippen LogP contribution in [0, 0.1) is 0 Å². The van der Waals surface area contributed by atoms with Crippen LogP contribution in [0.25, 0.3) is 0 Å². The molecule has 1 aromatic rings. The molecule has 0 saturated carbocycles. The fourth-order valence-corrected chi connectivity index (χ4v) is 4.70. The highest BCUT2D eigenvalue weighted by molar-refractivity contribution is 7.88. The summed E-state index contributed by atoms with van der Waals surface area (Å²) in [7, 11) is -3.35. The Morgan fingerprint density at radius 3 is 2.74 bits per heavy atom. The van der Waals surface area contributed by atoms with Gasteiger partial charge in [-0.25, -0.2) is 8.42 Å². The van der Waals surface area contributed by atoms with Crippen molar-refractivity contribution in [3.63, 3.8) is 0 Å². The van der Waals surface area contributed by atoms with E-state index in [9.17, 15) is 13.2 Å². The molecular formula is C13H16N2O3S. The van der Waals surface area contributed by atoms with Gasteiger partial charge in [-0.15, -0.1) is 0 Å². The van der Waals surface area contributed by atoms with Gasteiger partial charge in [0.15, 0.2) is 0 Å². The highest BCUT2D eigenvalue weighted by atomic mass is 32.2. The molecule has 2 atom stereocenters. The second-order valence-corrected chi connectivity index (χ2v) is 7.01. The van der Waals surface area contributed by atoms with E-state index in [1.807, 2.05) is 30.3 Å². The van der Waals surface area contributed by atoms with Crippen LogP contribution >= 0.6 is 0 Å². The summed E-state index contributed by atoms with van der Waals surface area (Å²) >= 11 is 0. The first-order valence-corrected chi connectivity index (χ1v) is 8.00. The molecule has 0 radical (unpaired) electrons. The first kappa shape index (κ1) is 12.6. The lowest BCUT2D eigenvalue weighted by Gasteiger charge is -2.22. The molecule has 0 spiro atoms. The van der Waals surface area contributed by atoms with Crippen molar-refractivity contribution in [3.8, 4) is 0 Å². The maximum atomic E-state index is 12.4. The summed E-state index contributed by atoms with van der Waals surface area (Å²) in [6.45, 7) is 0.505. The van der Waals surface area contributed by atoms with Crippen LogP contribution < -0.4 is 5.32 Å². The van der Waals surface area contributed by atoms with Crippen LogP contribution in [0.2, 0.25) is 0 Å². The lowest BCUT2D eigenvalue weighted by Crippen LogP contribution is -2.39. The molecule has 1 aromatic carbocycles. The van der Waals surface area contributed by atoms with E-state index in [0.29, 0.717) is 19.4 Å². The second-order valence-electron chi connectivity index (χ2n) is 5.09. The number of carbonyl (C=O) groups is 1. The number of rotatable bonds is 3. The predicted octanol–water partition coefficient (Wildman–Crippen LogP) is 0.479. The number of hydrogen-bond acceptors (Lipinski definition) is 3. The van der Waals surface area contributed by atoms with Gasteiger partial charge < -0.3 is 5.32 Å². The Labute approximate surface area is 112 Å². The van der Waals surface area contributed by atoms with Gasteiger partial charge in [-0.1, -0.05) is 30.3 Å². The number of nitrogens with zero attached hydrogens (tertiary/aromatic N) is 1. The third-order valence-corrected chi connectivity index (χ3v) is 5.65. The van der Waals surface area contributed by atoms with Crippen molar-refractivity contribution in [2.24, 2.45) is 0 Å². The van der Waals surface area contributed by atoms with Crippen LogP contribution in [0.3, 0.4) is 0 Å². The fraction of sp³-hybridized carbons (Fsp3) is 0.462. The Kier molecular flexibility index (Phi) is 3.06. The van der Waals surface area contributed by atoms with Gasteiger partial charge in [-0.05, 0) is 12.0 Å². The molecule has 0 unspecified atom stereocenters. The number of nitrogens with one attached hydrogen (secondary N) is 1. The molecule has 6 heteroatoms.